The molecule has 0 aliphatic heterocycles. The Balaban J connectivity index is 2.54. The Hall–Kier alpha value is -2.69. The van der Waals surface area contributed by atoms with Crippen molar-refractivity contribution in [2.75, 3.05) is 5.73 Å². The lowest BCUT2D eigenvalue weighted by atomic mass is 10.0. The van der Waals surface area contributed by atoms with E-state index < -0.39 is 23.0 Å². The zero-order chi connectivity index (χ0) is 13.3. The normalized spacial score (nSPS) is 10.2. The first-order valence-corrected chi connectivity index (χ1v) is 5.15. The van der Waals surface area contributed by atoms with Crippen molar-refractivity contribution in [3.63, 3.8) is 0 Å². The van der Waals surface area contributed by atoms with Crippen molar-refractivity contribution < 1.29 is 20.1 Å². The third kappa shape index (κ3) is 1.82. The number of nitrogen functional groups attached to an aromatic ring is 1. The van der Waals surface area contributed by atoms with Crippen molar-refractivity contribution in [2.24, 2.45) is 0 Å². The lowest BCUT2D eigenvalue weighted by Gasteiger charge is -2.08. The summed E-state index contributed by atoms with van der Waals surface area (Å²) in [6.07, 6.45) is 0. The van der Waals surface area contributed by atoms with Crippen LogP contribution in [-0.2, 0) is 0 Å². The number of rotatable bonds is 2. The molecule has 0 bridgehead atoms. The van der Waals surface area contributed by atoms with E-state index in [4.69, 9.17) is 5.73 Å². The summed E-state index contributed by atoms with van der Waals surface area (Å²) >= 11 is 0. The predicted octanol–water partition coefficient (Wildman–Crippen LogP) is 1.62. The van der Waals surface area contributed by atoms with Crippen LogP contribution in [0.1, 0.15) is 15.9 Å². The molecule has 0 saturated heterocycles. The molecule has 2 aromatic rings. The van der Waals surface area contributed by atoms with Gasteiger partial charge in [-0.3, -0.25) is 4.79 Å². The largest absolute Gasteiger partial charge is 0.504 e. The van der Waals surface area contributed by atoms with Crippen LogP contribution < -0.4 is 5.73 Å². The van der Waals surface area contributed by atoms with Crippen LogP contribution in [0.5, 0.6) is 17.2 Å². The van der Waals surface area contributed by atoms with Crippen LogP contribution in [0, 0.1) is 0 Å². The molecule has 5 nitrogen and oxygen atoms in total. The van der Waals surface area contributed by atoms with Gasteiger partial charge in [0.05, 0.1) is 5.56 Å². The molecule has 18 heavy (non-hydrogen) atoms. The Morgan fingerprint density at radius 2 is 1.56 bits per heavy atom. The fourth-order valence-corrected chi connectivity index (χ4v) is 1.60. The van der Waals surface area contributed by atoms with Crippen LogP contribution in [0.4, 0.5) is 5.69 Å². The Morgan fingerprint density at radius 1 is 0.889 bits per heavy atom. The molecule has 0 saturated carbocycles. The maximum Gasteiger partial charge on any atom is 0.201 e. The third-order valence-electron chi connectivity index (χ3n) is 2.58. The predicted molar refractivity (Wildman–Crippen MR) is 65.7 cm³/mol. The van der Waals surface area contributed by atoms with Crippen LogP contribution in [-0.4, -0.2) is 21.1 Å². The standard InChI is InChI=1S/C13H11NO4/c14-9-4-2-1-3-7(9)11(16)8-5-6-10(15)13(18)12(8)17/h1-6,15,17-18H,14H2. The molecule has 0 amide bonds. The highest BCUT2D eigenvalue weighted by Crippen LogP contribution is 2.38. The number of benzene rings is 2. The summed E-state index contributed by atoms with van der Waals surface area (Å²) in [5.74, 6) is -2.41. The van der Waals surface area contributed by atoms with Crippen molar-refractivity contribution in [3.8, 4) is 17.2 Å². The molecule has 0 atom stereocenters. The summed E-state index contributed by atoms with van der Waals surface area (Å²) in [6, 6.07) is 8.74. The summed E-state index contributed by atoms with van der Waals surface area (Å²) < 4.78 is 0. The van der Waals surface area contributed by atoms with Gasteiger partial charge in [0.1, 0.15) is 0 Å². The first-order chi connectivity index (χ1) is 8.52. The van der Waals surface area contributed by atoms with Gasteiger partial charge in [-0.15, -0.1) is 0 Å². The Morgan fingerprint density at radius 3 is 2.22 bits per heavy atom. The molecule has 0 aromatic heterocycles. The number of nitrogens with two attached hydrogens (primary N) is 1. The van der Waals surface area contributed by atoms with Gasteiger partial charge >= 0.3 is 0 Å². The second kappa shape index (κ2) is 4.29. The van der Waals surface area contributed by atoms with E-state index in [1.54, 1.807) is 18.2 Å². The first-order valence-electron chi connectivity index (χ1n) is 5.15. The van der Waals surface area contributed by atoms with E-state index in [1.165, 1.54) is 12.1 Å². The van der Waals surface area contributed by atoms with Crippen LogP contribution >= 0.6 is 0 Å². The van der Waals surface area contributed by atoms with Crippen LogP contribution in [0.15, 0.2) is 36.4 Å². The number of phenols is 3. The summed E-state index contributed by atoms with van der Waals surface area (Å²) in [5, 5.41) is 28.2. The molecule has 2 rings (SSSR count). The van der Waals surface area contributed by atoms with Crippen LogP contribution in [0.3, 0.4) is 0 Å². The summed E-state index contributed by atoms with van der Waals surface area (Å²) in [7, 11) is 0. The van der Waals surface area contributed by atoms with Gasteiger partial charge in [-0.1, -0.05) is 12.1 Å². The summed E-state index contributed by atoms with van der Waals surface area (Å²) in [5.41, 5.74) is 6.03. The number of para-hydroxylation sites is 1. The van der Waals surface area contributed by atoms with E-state index in [2.05, 4.69) is 0 Å². The van der Waals surface area contributed by atoms with E-state index in [0.717, 1.165) is 6.07 Å². The quantitative estimate of drug-likeness (QED) is 0.365. The van der Waals surface area contributed by atoms with Crippen molar-refractivity contribution in [1.29, 1.82) is 0 Å². The van der Waals surface area contributed by atoms with Crippen molar-refractivity contribution in [2.45, 2.75) is 0 Å². The van der Waals surface area contributed by atoms with Gasteiger partial charge in [-0.25, -0.2) is 0 Å². The van der Waals surface area contributed by atoms with Gasteiger partial charge < -0.3 is 21.1 Å². The molecular weight excluding hydrogens is 234 g/mol. The Bertz CT molecular complexity index is 622. The van der Waals surface area contributed by atoms with Gasteiger partial charge in [0.15, 0.2) is 17.3 Å². The van der Waals surface area contributed by atoms with Crippen LogP contribution in [0.2, 0.25) is 0 Å². The lowest BCUT2D eigenvalue weighted by Crippen LogP contribution is -2.05. The van der Waals surface area contributed by atoms with E-state index >= 15 is 0 Å². The first kappa shape index (κ1) is 11.8. The molecule has 0 spiro atoms. The molecule has 2 aromatic carbocycles. The van der Waals surface area contributed by atoms with Crippen molar-refractivity contribution >= 4 is 11.5 Å². The minimum absolute atomic E-state index is 0.122. The highest BCUT2D eigenvalue weighted by Gasteiger charge is 2.19. The average molecular weight is 245 g/mol. The molecule has 0 fully saturated rings. The zero-order valence-electron chi connectivity index (χ0n) is 9.29. The number of carbonyl (C=O) groups is 1. The van der Waals surface area contributed by atoms with Gasteiger partial charge in [0.2, 0.25) is 5.75 Å². The summed E-state index contributed by atoms with van der Waals surface area (Å²) in [4.78, 5) is 12.1. The van der Waals surface area contributed by atoms with Gasteiger partial charge in [0, 0.05) is 11.3 Å². The Kier molecular flexibility index (Phi) is 2.81. The van der Waals surface area contributed by atoms with Gasteiger partial charge in [-0.2, -0.15) is 0 Å². The lowest BCUT2D eigenvalue weighted by molar-refractivity contribution is 0.103. The number of anilines is 1. The molecular formula is C13H11NO4. The fourth-order valence-electron chi connectivity index (χ4n) is 1.60. The molecule has 0 unspecified atom stereocenters. The molecule has 5 heteroatoms. The average Bonchev–Trinajstić information content (AvgIpc) is 2.36. The van der Waals surface area contributed by atoms with E-state index in [1.807, 2.05) is 0 Å². The number of carbonyl (C=O) groups excluding carboxylic acids is 1. The second-order valence-electron chi connectivity index (χ2n) is 3.75. The second-order valence-corrected chi connectivity index (χ2v) is 3.75. The third-order valence-corrected chi connectivity index (χ3v) is 2.58. The maximum absolute atomic E-state index is 12.1. The molecule has 0 radical (unpaired) electrons. The number of hydrogen-bond acceptors (Lipinski definition) is 5. The molecule has 0 aliphatic carbocycles. The van der Waals surface area contributed by atoms with Crippen LogP contribution in [0.25, 0.3) is 0 Å². The van der Waals surface area contributed by atoms with E-state index in [9.17, 15) is 20.1 Å². The fraction of sp³-hybridized carbons (Fsp3) is 0. The molecule has 5 N–H and O–H groups in total. The Labute approximate surface area is 103 Å². The molecule has 0 heterocycles. The zero-order valence-corrected chi connectivity index (χ0v) is 9.29. The van der Waals surface area contributed by atoms with Gasteiger partial charge in [0.25, 0.3) is 0 Å². The highest BCUT2D eigenvalue weighted by molar-refractivity contribution is 6.14. The monoisotopic (exact) mass is 245 g/mol. The molecule has 0 aliphatic rings. The summed E-state index contributed by atoms with van der Waals surface area (Å²) in [6.45, 7) is 0. The number of hydrogen-bond donors (Lipinski definition) is 4. The van der Waals surface area contributed by atoms with E-state index in [-0.39, 0.29) is 16.8 Å². The smallest absolute Gasteiger partial charge is 0.201 e. The van der Waals surface area contributed by atoms with E-state index in [0.29, 0.717) is 0 Å². The van der Waals surface area contributed by atoms with Crippen molar-refractivity contribution in [3.05, 3.63) is 47.5 Å². The highest BCUT2D eigenvalue weighted by atomic mass is 16.3. The minimum Gasteiger partial charge on any atom is -0.504 e. The number of aromatic hydroxyl groups is 3. The van der Waals surface area contributed by atoms with Gasteiger partial charge in [-0.05, 0) is 24.3 Å². The SMILES string of the molecule is Nc1ccccc1C(=O)c1ccc(O)c(O)c1O. The number of ketones is 1. The minimum atomic E-state index is -0.727. The maximum atomic E-state index is 12.1. The van der Waals surface area contributed by atoms with Crippen molar-refractivity contribution in [1.82, 2.24) is 0 Å². The number of phenolic OH excluding ortho intramolecular Hbond substituents is 3. The molecule has 92 valence electrons. The topological polar surface area (TPSA) is 104 Å².